The number of nitrogens with zero attached hydrogens (tertiary/aromatic N) is 2. The topological polar surface area (TPSA) is 29.9 Å². The Labute approximate surface area is 127 Å². The Morgan fingerprint density at radius 2 is 2.05 bits per heavy atom. The van der Waals surface area contributed by atoms with E-state index in [-0.39, 0.29) is 0 Å². The third-order valence-corrected chi connectivity index (χ3v) is 4.92. The molecule has 0 aliphatic heterocycles. The van der Waals surface area contributed by atoms with Gasteiger partial charge in [0, 0.05) is 18.5 Å². The summed E-state index contributed by atoms with van der Waals surface area (Å²) in [5, 5.41) is 9.87. The first-order chi connectivity index (χ1) is 10.3. The zero-order chi connectivity index (χ0) is 14.7. The van der Waals surface area contributed by atoms with E-state index < -0.39 is 0 Å². The molecular weight excluding hydrogens is 258 g/mol. The summed E-state index contributed by atoms with van der Waals surface area (Å²) >= 11 is 0. The molecule has 0 spiro atoms. The average Bonchev–Trinajstić information content (AvgIpc) is 2.83. The number of aromatic nitrogens is 2. The van der Waals surface area contributed by atoms with E-state index in [4.69, 9.17) is 5.10 Å². The molecule has 0 amide bonds. The predicted molar refractivity (Wildman–Crippen MR) is 88.6 cm³/mol. The highest BCUT2D eigenvalue weighted by Gasteiger charge is 2.37. The number of fused-ring (bicyclic) bond motifs is 1. The van der Waals surface area contributed by atoms with Gasteiger partial charge in [0.05, 0.1) is 11.2 Å². The molecule has 0 bridgehead atoms. The van der Waals surface area contributed by atoms with E-state index in [0.29, 0.717) is 5.41 Å². The summed E-state index contributed by atoms with van der Waals surface area (Å²) in [4.78, 5) is 0. The molecule has 114 valence electrons. The fourth-order valence-electron chi connectivity index (χ4n) is 3.55. The van der Waals surface area contributed by atoms with E-state index in [1.165, 1.54) is 42.3 Å². The predicted octanol–water partition coefficient (Wildman–Crippen LogP) is 3.77. The van der Waals surface area contributed by atoms with Gasteiger partial charge in [-0.15, -0.1) is 0 Å². The Kier molecular flexibility index (Phi) is 4.29. The smallest absolute Gasteiger partial charge is 0.0709 e. The van der Waals surface area contributed by atoms with Crippen molar-refractivity contribution in [1.82, 2.24) is 15.1 Å². The summed E-state index contributed by atoms with van der Waals surface area (Å²) in [6.45, 7) is 7.63. The molecule has 1 aliphatic carbocycles. The molecule has 1 heterocycles. The number of hydrogen-bond donors (Lipinski definition) is 1. The number of hydrogen-bond acceptors (Lipinski definition) is 2. The lowest BCUT2D eigenvalue weighted by molar-refractivity contribution is 0.129. The highest BCUT2D eigenvalue weighted by atomic mass is 15.3. The summed E-state index contributed by atoms with van der Waals surface area (Å²) in [5.74, 6) is 0. The Hall–Kier alpha value is -1.35. The van der Waals surface area contributed by atoms with Gasteiger partial charge in [0.1, 0.15) is 0 Å². The minimum absolute atomic E-state index is 0.449. The van der Waals surface area contributed by atoms with Crippen molar-refractivity contribution in [2.24, 2.45) is 5.41 Å². The zero-order valence-corrected chi connectivity index (χ0v) is 13.4. The maximum absolute atomic E-state index is 4.89. The van der Waals surface area contributed by atoms with Crippen molar-refractivity contribution in [2.45, 2.75) is 52.5 Å². The monoisotopic (exact) mass is 285 g/mol. The quantitative estimate of drug-likeness (QED) is 0.785. The lowest BCUT2D eigenvalue weighted by Crippen LogP contribution is -2.42. The lowest BCUT2D eigenvalue weighted by atomic mass is 9.66. The van der Waals surface area contributed by atoms with Gasteiger partial charge in [-0.1, -0.05) is 31.5 Å². The highest BCUT2D eigenvalue weighted by molar-refractivity contribution is 5.82. The maximum Gasteiger partial charge on any atom is 0.0709 e. The third-order valence-electron chi connectivity index (χ3n) is 4.92. The van der Waals surface area contributed by atoms with Crippen molar-refractivity contribution in [3.8, 4) is 0 Å². The number of benzene rings is 1. The average molecular weight is 285 g/mol. The van der Waals surface area contributed by atoms with Crippen LogP contribution in [-0.2, 0) is 13.0 Å². The van der Waals surface area contributed by atoms with Gasteiger partial charge in [-0.05, 0) is 50.6 Å². The van der Waals surface area contributed by atoms with Crippen LogP contribution in [0.1, 0.15) is 45.2 Å². The highest BCUT2D eigenvalue weighted by Crippen LogP contribution is 2.43. The van der Waals surface area contributed by atoms with Gasteiger partial charge in [0.25, 0.3) is 0 Å². The zero-order valence-electron chi connectivity index (χ0n) is 13.4. The van der Waals surface area contributed by atoms with Gasteiger partial charge in [-0.3, -0.25) is 4.68 Å². The number of aryl methyl sites for hydroxylation is 1. The Morgan fingerprint density at radius 1 is 1.24 bits per heavy atom. The van der Waals surface area contributed by atoms with Gasteiger partial charge in [0.2, 0.25) is 0 Å². The van der Waals surface area contributed by atoms with E-state index in [1.807, 2.05) is 0 Å². The van der Waals surface area contributed by atoms with Crippen molar-refractivity contribution in [3.63, 3.8) is 0 Å². The minimum atomic E-state index is 0.449. The number of para-hydroxylation sites is 1. The SMILES string of the molecule is CCCNCC1(Cc2nn(CC)c3ccccc23)CCC1. The van der Waals surface area contributed by atoms with E-state index in [0.717, 1.165) is 26.1 Å². The first-order valence-electron chi connectivity index (χ1n) is 8.43. The summed E-state index contributed by atoms with van der Waals surface area (Å²) in [6.07, 6.45) is 6.40. The molecule has 1 N–H and O–H groups in total. The van der Waals surface area contributed by atoms with Crippen molar-refractivity contribution in [2.75, 3.05) is 13.1 Å². The van der Waals surface area contributed by atoms with Crippen molar-refractivity contribution in [3.05, 3.63) is 30.0 Å². The molecule has 1 aromatic heterocycles. The summed E-state index contributed by atoms with van der Waals surface area (Å²) in [7, 11) is 0. The first kappa shape index (κ1) is 14.6. The van der Waals surface area contributed by atoms with Gasteiger partial charge in [-0.2, -0.15) is 5.10 Å². The third kappa shape index (κ3) is 2.84. The van der Waals surface area contributed by atoms with E-state index in [2.05, 4.69) is 48.1 Å². The van der Waals surface area contributed by atoms with Gasteiger partial charge in [-0.25, -0.2) is 0 Å². The summed E-state index contributed by atoms with van der Waals surface area (Å²) in [5.41, 5.74) is 3.03. The number of nitrogens with one attached hydrogen (secondary N) is 1. The molecule has 0 atom stereocenters. The molecule has 2 aromatic rings. The molecule has 1 aromatic carbocycles. The van der Waals surface area contributed by atoms with Crippen LogP contribution in [0.15, 0.2) is 24.3 Å². The molecular formula is C18H27N3. The second kappa shape index (κ2) is 6.18. The molecule has 1 fully saturated rings. The molecule has 21 heavy (non-hydrogen) atoms. The normalized spacial score (nSPS) is 17.0. The van der Waals surface area contributed by atoms with Gasteiger partial charge >= 0.3 is 0 Å². The minimum Gasteiger partial charge on any atom is -0.316 e. The van der Waals surface area contributed by atoms with Crippen LogP contribution in [0, 0.1) is 5.41 Å². The number of rotatable bonds is 7. The molecule has 0 saturated heterocycles. The van der Waals surface area contributed by atoms with Crippen LogP contribution in [0.5, 0.6) is 0 Å². The summed E-state index contributed by atoms with van der Waals surface area (Å²) in [6, 6.07) is 8.67. The van der Waals surface area contributed by atoms with Crippen LogP contribution in [0.4, 0.5) is 0 Å². The Morgan fingerprint density at radius 3 is 2.71 bits per heavy atom. The molecule has 3 heteroatoms. The fraction of sp³-hybridized carbons (Fsp3) is 0.611. The Bertz CT molecular complexity index is 596. The van der Waals surface area contributed by atoms with Crippen LogP contribution >= 0.6 is 0 Å². The molecule has 3 rings (SSSR count). The largest absolute Gasteiger partial charge is 0.316 e. The molecule has 0 unspecified atom stereocenters. The van der Waals surface area contributed by atoms with Crippen LogP contribution in [0.2, 0.25) is 0 Å². The fourth-order valence-corrected chi connectivity index (χ4v) is 3.55. The van der Waals surface area contributed by atoms with Crippen molar-refractivity contribution >= 4 is 10.9 Å². The van der Waals surface area contributed by atoms with Crippen molar-refractivity contribution < 1.29 is 0 Å². The van der Waals surface area contributed by atoms with E-state index >= 15 is 0 Å². The van der Waals surface area contributed by atoms with Crippen LogP contribution in [0.25, 0.3) is 10.9 Å². The maximum atomic E-state index is 4.89. The lowest BCUT2D eigenvalue weighted by Gasteiger charge is -2.42. The molecule has 1 aliphatic rings. The first-order valence-corrected chi connectivity index (χ1v) is 8.43. The van der Waals surface area contributed by atoms with Crippen LogP contribution in [0.3, 0.4) is 0 Å². The molecule has 0 radical (unpaired) electrons. The van der Waals surface area contributed by atoms with Gasteiger partial charge in [0.15, 0.2) is 0 Å². The molecule has 3 nitrogen and oxygen atoms in total. The van der Waals surface area contributed by atoms with Crippen LogP contribution < -0.4 is 5.32 Å². The van der Waals surface area contributed by atoms with Crippen LogP contribution in [-0.4, -0.2) is 22.9 Å². The Balaban J connectivity index is 1.83. The van der Waals surface area contributed by atoms with E-state index in [1.54, 1.807) is 0 Å². The summed E-state index contributed by atoms with van der Waals surface area (Å²) < 4.78 is 2.15. The van der Waals surface area contributed by atoms with Crippen molar-refractivity contribution in [1.29, 1.82) is 0 Å². The second-order valence-corrected chi connectivity index (χ2v) is 6.49. The standard InChI is InChI=1S/C18H27N3/c1-3-12-19-14-18(10-7-11-18)13-16-15-8-5-6-9-17(15)21(4-2)20-16/h5-6,8-9,19H,3-4,7,10-14H2,1-2H3. The van der Waals surface area contributed by atoms with E-state index in [9.17, 15) is 0 Å². The van der Waals surface area contributed by atoms with Gasteiger partial charge < -0.3 is 5.32 Å². The second-order valence-electron chi connectivity index (χ2n) is 6.49. The molecule has 1 saturated carbocycles.